The van der Waals surface area contributed by atoms with Crippen LogP contribution in [0.15, 0.2) is 36.7 Å². The predicted molar refractivity (Wildman–Crippen MR) is 86.3 cm³/mol. The molecule has 1 aromatic carbocycles. The molecule has 0 saturated carbocycles. The average molecular weight is 309 g/mol. The smallest absolute Gasteiger partial charge is 0.301 e. The van der Waals surface area contributed by atoms with Crippen molar-refractivity contribution in [2.45, 2.75) is 25.9 Å². The van der Waals surface area contributed by atoms with Gasteiger partial charge < -0.3 is 9.88 Å². The van der Waals surface area contributed by atoms with Crippen LogP contribution in [0.5, 0.6) is 0 Å². The molecule has 0 fully saturated rings. The summed E-state index contributed by atoms with van der Waals surface area (Å²) < 4.78 is 2.18. The number of fused-ring (bicyclic) bond motifs is 2. The molecule has 0 bridgehead atoms. The fraction of sp³-hybridized carbons (Fsp3) is 0.250. The van der Waals surface area contributed by atoms with E-state index in [9.17, 15) is 10.1 Å². The first-order chi connectivity index (χ1) is 11.2. The first-order valence-corrected chi connectivity index (χ1v) is 7.53. The second kappa shape index (κ2) is 5.35. The van der Waals surface area contributed by atoms with Crippen molar-refractivity contribution in [3.63, 3.8) is 0 Å². The summed E-state index contributed by atoms with van der Waals surface area (Å²) >= 11 is 0. The summed E-state index contributed by atoms with van der Waals surface area (Å²) in [6, 6.07) is 6.95. The predicted octanol–water partition coefficient (Wildman–Crippen LogP) is 2.90. The second-order valence-electron chi connectivity index (χ2n) is 5.56. The molecule has 4 rings (SSSR count). The summed E-state index contributed by atoms with van der Waals surface area (Å²) in [7, 11) is 0. The zero-order valence-corrected chi connectivity index (χ0v) is 12.4. The molecule has 0 unspecified atom stereocenters. The number of nitrogens with zero attached hydrogens (tertiary/aromatic N) is 4. The van der Waals surface area contributed by atoms with Crippen molar-refractivity contribution < 1.29 is 4.92 Å². The number of hydrogen-bond acceptors (Lipinski definition) is 5. The number of benzene rings is 1. The molecule has 3 aromatic rings. The lowest BCUT2D eigenvalue weighted by Gasteiger charge is -2.10. The Balaban J connectivity index is 1.68. The number of rotatable bonds is 4. The van der Waals surface area contributed by atoms with Crippen molar-refractivity contribution in [2.24, 2.45) is 0 Å². The van der Waals surface area contributed by atoms with E-state index < -0.39 is 0 Å². The molecule has 7 nitrogen and oxygen atoms in total. The number of anilines is 1. The monoisotopic (exact) mass is 309 g/mol. The Hall–Kier alpha value is -2.96. The quantitative estimate of drug-likeness (QED) is 0.591. The van der Waals surface area contributed by atoms with Gasteiger partial charge in [0.15, 0.2) is 0 Å². The van der Waals surface area contributed by atoms with E-state index in [-0.39, 0.29) is 10.6 Å². The van der Waals surface area contributed by atoms with Crippen LogP contribution in [0.1, 0.15) is 17.9 Å². The van der Waals surface area contributed by atoms with Crippen molar-refractivity contribution >= 4 is 22.3 Å². The molecule has 0 aliphatic carbocycles. The first-order valence-electron chi connectivity index (χ1n) is 7.53. The summed E-state index contributed by atoms with van der Waals surface area (Å²) in [5, 5.41) is 15.2. The van der Waals surface area contributed by atoms with Crippen LogP contribution >= 0.6 is 0 Å². The third-order valence-electron chi connectivity index (χ3n) is 4.20. The number of nitro benzene ring substituents is 1. The van der Waals surface area contributed by atoms with E-state index >= 15 is 0 Å². The average Bonchev–Trinajstić information content (AvgIpc) is 3.16. The third-order valence-corrected chi connectivity index (χ3v) is 4.20. The van der Waals surface area contributed by atoms with Crippen molar-refractivity contribution in [1.82, 2.24) is 14.5 Å². The Morgan fingerprint density at radius 1 is 1.30 bits per heavy atom. The SMILES string of the molecule is O=[N+]([O-])c1c(NCc2cnc3n2CCC3)ccc2ncccc12. The fourth-order valence-corrected chi connectivity index (χ4v) is 3.12. The van der Waals surface area contributed by atoms with E-state index in [0.717, 1.165) is 30.9 Å². The molecule has 0 amide bonds. The van der Waals surface area contributed by atoms with Crippen molar-refractivity contribution in [1.29, 1.82) is 0 Å². The van der Waals surface area contributed by atoms with Crippen LogP contribution in [-0.4, -0.2) is 19.5 Å². The van der Waals surface area contributed by atoms with E-state index in [1.807, 2.05) is 6.20 Å². The van der Waals surface area contributed by atoms with Gasteiger partial charge in [-0.1, -0.05) is 0 Å². The Bertz CT molecular complexity index is 903. The van der Waals surface area contributed by atoms with Gasteiger partial charge in [-0.25, -0.2) is 4.98 Å². The molecule has 0 saturated heterocycles. The molecule has 23 heavy (non-hydrogen) atoms. The van der Waals surface area contributed by atoms with Gasteiger partial charge in [-0.05, 0) is 30.7 Å². The lowest BCUT2D eigenvalue weighted by Crippen LogP contribution is -2.07. The molecular formula is C16H15N5O2. The number of nitrogens with one attached hydrogen (secondary N) is 1. The van der Waals surface area contributed by atoms with Gasteiger partial charge in [0.2, 0.25) is 0 Å². The van der Waals surface area contributed by atoms with Gasteiger partial charge in [0.1, 0.15) is 11.5 Å². The molecule has 7 heteroatoms. The number of nitro groups is 1. The van der Waals surface area contributed by atoms with Gasteiger partial charge >= 0.3 is 5.69 Å². The van der Waals surface area contributed by atoms with Crippen LogP contribution in [-0.2, 0) is 19.5 Å². The highest BCUT2D eigenvalue weighted by Gasteiger charge is 2.20. The number of pyridine rings is 1. The number of aromatic nitrogens is 3. The Morgan fingerprint density at radius 3 is 3.09 bits per heavy atom. The molecule has 1 aliphatic rings. The maximum absolute atomic E-state index is 11.5. The van der Waals surface area contributed by atoms with Gasteiger partial charge in [0, 0.05) is 19.2 Å². The summed E-state index contributed by atoms with van der Waals surface area (Å²) in [5.41, 5.74) is 2.24. The second-order valence-corrected chi connectivity index (χ2v) is 5.56. The lowest BCUT2D eigenvalue weighted by molar-refractivity contribution is -0.382. The standard InChI is InChI=1S/C16H15N5O2/c22-21(23)16-12-3-1-7-17-13(12)5-6-14(16)18-9-11-10-19-15-4-2-8-20(11)15/h1,3,5-7,10,18H,2,4,8-9H2. The van der Waals surface area contributed by atoms with Crippen LogP contribution in [0, 0.1) is 10.1 Å². The number of aryl methyl sites for hydroxylation is 1. The number of imidazole rings is 1. The van der Waals surface area contributed by atoms with Crippen LogP contribution in [0.2, 0.25) is 0 Å². The normalized spacial score (nSPS) is 13.2. The molecular weight excluding hydrogens is 294 g/mol. The minimum absolute atomic E-state index is 0.0664. The lowest BCUT2D eigenvalue weighted by atomic mass is 10.1. The van der Waals surface area contributed by atoms with Crippen molar-refractivity contribution in [2.75, 3.05) is 5.32 Å². The summed E-state index contributed by atoms with van der Waals surface area (Å²) in [6.45, 7) is 1.48. The summed E-state index contributed by atoms with van der Waals surface area (Å²) in [4.78, 5) is 19.7. The third kappa shape index (κ3) is 2.30. The highest BCUT2D eigenvalue weighted by atomic mass is 16.6. The van der Waals surface area contributed by atoms with Gasteiger partial charge in [-0.2, -0.15) is 0 Å². The zero-order chi connectivity index (χ0) is 15.8. The fourth-order valence-electron chi connectivity index (χ4n) is 3.12. The van der Waals surface area contributed by atoms with Gasteiger partial charge in [0.25, 0.3) is 0 Å². The van der Waals surface area contributed by atoms with Gasteiger partial charge in [-0.15, -0.1) is 0 Å². The highest BCUT2D eigenvalue weighted by molar-refractivity contribution is 5.94. The van der Waals surface area contributed by atoms with E-state index in [1.165, 1.54) is 0 Å². The zero-order valence-electron chi connectivity index (χ0n) is 12.4. The van der Waals surface area contributed by atoms with E-state index in [1.54, 1.807) is 30.5 Å². The Kier molecular flexibility index (Phi) is 3.18. The van der Waals surface area contributed by atoms with Gasteiger partial charge in [-0.3, -0.25) is 15.1 Å². The maximum Gasteiger partial charge on any atom is 0.301 e. The Morgan fingerprint density at radius 2 is 2.22 bits per heavy atom. The molecule has 1 aliphatic heterocycles. The summed E-state index contributed by atoms with van der Waals surface area (Å²) in [5.74, 6) is 1.10. The largest absolute Gasteiger partial charge is 0.374 e. The van der Waals surface area contributed by atoms with Crippen molar-refractivity contribution in [3.05, 3.63) is 58.3 Å². The van der Waals surface area contributed by atoms with Crippen molar-refractivity contribution in [3.8, 4) is 0 Å². The first kappa shape index (κ1) is 13.7. The minimum Gasteiger partial charge on any atom is -0.374 e. The molecule has 0 radical (unpaired) electrons. The highest BCUT2D eigenvalue weighted by Crippen LogP contribution is 2.32. The van der Waals surface area contributed by atoms with E-state index in [0.29, 0.717) is 23.1 Å². The topological polar surface area (TPSA) is 85.9 Å². The van der Waals surface area contributed by atoms with Crippen LogP contribution in [0.3, 0.4) is 0 Å². The molecule has 0 spiro atoms. The molecule has 2 aromatic heterocycles. The van der Waals surface area contributed by atoms with Crippen LogP contribution in [0.4, 0.5) is 11.4 Å². The minimum atomic E-state index is -0.354. The van der Waals surface area contributed by atoms with E-state index in [2.05, 4.69) is 19.9 Å². The molecule has 3 heterocycles. The Labute approximate surface area is 132 Å². The van der Waals surface area contributed by atoms with Crippen LogP contribution in [0.25, 0.3) is 10.9 Å². The maximum atomic E-state index is 11.5. The molecule has 1 N–H and O–H groups in total. The van der Waals surface area contributed by atoms with Gasteiger partial charge in [0.05, 0.1) is 34.3 Å². The molecule has 116 valence electrons. The number of hydrogen-bond donors (Lipinski definition) is 1. The summed E-state index contributed by atoms with van der Waals surface area (Å²) in [6.07, 6.45) is 5.59. The van der Waals surface area contributed by atoms with Crippen LogP contribution < -0.4 is 5.32 Å². The molecule has 0 atom stereocenters. The van der Waals surface area contributed by atoms with E-state index in [4.69, 9.17) is 0 Å².